The van der Waals surface area contributed by atoms with Crippen LogP contribution < -0.4 is 10.1 Å². The predicted molar refractivity (Wildman–Crippen MR) is 117 cm³/mol. The molecule has 3 rings (SSSR count). The zero-order chi connectivity index (χ0) is 21.7. The van der Waals surface area contributed by atoms with Crippen molar-refractivity contribution in [2.45, 2.75) is 50.5 Å². The molecule has 1 atom stereocenters. The largest absolute Gasteiger partial charge is 0.496 e. The van der Waals surface area contributed by atoms with Crippen LogP contribution in [0.5, 0.6) is 5.75 Å². The van der Waals surface area contributed by atoms with Gasteiger partial charge in [-0.05, 0) is 56.9 Å². The van der Waals surface area contributed by atoms with Crippen molar-refractivity contribution in [2.24, 2.45) is 0 Å². The summed E-state index contributed by atoms with van der Waals surface area (Å²) < 4.78 is 32.1. The number of benzene rings is 2. The van der Waals surface area contributed by atoms with Crippen molar-refractivity contribution in [3.8, 4) is 5.75 Å². The zero-order valence-electron chi connectivity index (χ0n) is 17.8. The maximum atomic E-state index is 12.6. The topological polar surface area (TPSA) is 75.7 Å². The summed E-state index contributed by atoms with van der Waals surface area (Å²) in [6.07, 6.45) is 2.71. The molecule has 30 heavy (non-hydrogen) atoms. The number of aryl methyl sites for hydroxylation is 2. The lowest BCUT2D eigenvalue weighted by Crippen LogP contribution is -2.28. The van der Waals surface area contributed by atoms with Crippen molar-refractivity contribution in [1.29, 1.82) is 0 Å². The third-order valence-corrected chi connectivity index (χ3v) is 7.41. The first-order valence-electron chi connectivity index (χ1n) is 10.3. The van der Waals surface area contributed by atoms with Gasteiger partial charge >= 0.3 is 0 Å². The van der Waals surface area contributed by atoms with Crippen molar-refractivity contribution in [1.82, 2.24) is 9.62 Å². The number of methoxy groups -OCH3 is 1. The lowest BCUT2D eigenvalue weighted by atomic mass is 10.0. The highest BCUT2D eigenvalue weighted by Crippen LogP contribution is 2.26. The third-order valence-electron chi connectivity index (χ3n) is 5.50. The SMILES string of the molecule is COc1ccc(C)cc1C(C)NC(=O)CCc1ccc(S(=O)(=O)N2CCCC2)cc1. The Kier molecular flexibility index (Phi) is 7.15. The second kappa shape index (κ2) is 9.62. The molecule has 162 valence electrons. The number of nitrogens with zero attached hydrogens (tertiary/aromatic N) is 1. The number of amides is 1. The molecule has 1 unspecified atom stereocenters. The Morgan fingerprint density at radius 1 is 1.13 bits per heavy atom. The van der Waals surface area contributed by atoms with E-state index in [4.69, 9.17) is 4.74 Å². The minimum Gasteiger partial charge on any atom is -0.496 e. The van der Waals surface area contributed by atoms with E-state index in [9.17, 15) is 13.2 Å². The lowest BCUT2D eigenvalue weighted by molar-refractivity contribution is -0.121. The molecular formula is C23H30N2O4S. The van der Waals surface area contributed by atoms with Gasteiger partial charge in [-0.3, -0.25) is 4.79 Å². The van der Waals surface area contributed by atoms with Crippen molar-refractivity contribution < 1.29 is 17.9 Å². The summed E-state index contributed by atoms with van der Waals surface area (Å²) in [7, 11) is -1.78. The minimum absolute atomic E-state index is 0.0557. The molecule has 1 N–H and O–H groups in total. The second-order valence-corrected chi connectivity index (χ2v) is 9.73. The molecule has 2 aromatic rings. The van der Waals surface area contributed by atoms with Gasteiger partial charge in [-0.25, -0.2) is 8.42 Å². The Labute approximate surface area is 179 Å². The van der Waals surface area contributed by atoms with Crippen molar-refractivity contribution >= 4 is 15.9 Å². The smallest absolute Gasteiger partial charge is 0.243 e. The van der Waals surface area contributed by atoms with Gasteiger partial charge in [-0.15, -0.1) is 0 Å². The van der Waals surface area contributed by atoms with Gasteiger partial charge in [0.1, 0.15) is 5.75 Å². The fraction of sp³-hybridized carbons (Fsp3) is 0.435. The standard InChI is InChI=1S/C23H30N2O4S/c1-17-6-12-22(29-3)21(16-17)18(2)24-23(26)13-9-19-7-10-20(11-8-19)30(27,28)25-14-4-5-15-25/h6-8,10-12,16,18H,4-5,9,13-15H2,1-3H3,(H,24,26). The Hall–Kier alpha value is -2.38. The Morgan fingerprint density at radius 2 is 1.80 bits per heavy atom. The maximum Gasteiger partial charge on any atom is 0.243 e. The van der Waals surface area contributed by atoms with E-state index in [0.717, 1.165) is 35.3 Å². The quantitative estimate of drug-likeness (QED) is 0.694. The van der Waals surface area contributed by atoms with Crippen LogP contribution in [-0.4, -0.2) is 38.8 Å². The van der Waals surface area contributed by atoms with Gasteiger partial charge in [0.25, 0.3) is 0 Å². The van der Waals surface area contributed by atoms with E-state index >= 15 is 0 Å². The van der Waals surface area contributed by atoms with Crippen LogP contribution in [0.1, 0.15) is 48.9 Å². The maximum absolute atomic E-state index is 12.6. The monoisotopic (exact) mass is 430 g/mol. The van der Waals surface area contributed by atoms with Gasteiger partial charge in [0.2, 0.25) is 15.9 Å². The Bertz CT molecular complexity index is 981. The van der Waals surface area contributed by atoms with Crippen LogP contribution in [0, 0.1) is 6.92 Å². The minimum atomic E-state index is -3.40. The normalized spacial score (nSPS) is 15.7. The van der Waals surface area contributed by atoms with Gasteiger partial charge in [0.05, 0.1) is 18.0 Å². The number of sulfonamides is 1. The summed E-state index contributed by atoms with van der Waals surface area (Å²) in [5, 5.41) is 3.02. The molecule has 0 aliphatic carbocycles. The van der Waals surface area contributed by atoms with E-state index in [1.54, 1.807) is 31.4 Å². The Morgan fingerprint density at radius 3 is 2.43 bits per heavy atom. The number of rotatable bonds is 8. The molecule has 6 nitrogen and oxygen atoms in total. The van der Waals surface area contributed by atoms with Gasteiger partial charge in [-0.1, -0.05) is 29.8 Å². The average Bonchev–Trinajstić information content (AvgIpc) is 3.28. The average molecular weight is 431 g/mol. The first-order valence-corrected chi connectivity index (χ1v) is 11.8. The number of ether oxygens (including phenoxy) is 1. The molecule has 7 heteroatoms. The van der Waals surface area contributed by atoms with Gasteiger partial charge in [-0.2, -0.15) is 4.31 Å². The third kappa shape index (κ3) is 5.21. The summed E-state index contributed by atoms with van der Waals surface area (Å²) >= 11 is 0. The van der Waals surface area contributed by atoms with Crippen LogP contribution in [0.4, 0.5) is 0 Å². The van der Waals surface area contributed by atoms with Gasteiger partial charge in [0.15, 0.2) is 0 Å². The first kappa shape index (κ1) is 22.3. The van der Waals surface area contributed by atoms with Crippen LogP contribution in [-0.2, 0) is 21.2 Å². The molecule has 0 radical (unpaired) electrons. The molecule has 1 aliphatic rings. The second-order valence-electron chi connectivity index (χ2n) is 7.79. The van der Waals surface area contributed by atoms with Crippen molar-refractivity contribution in [2.75, 3.05) is 20.2 Å². The summed E-state index contributed by atoms with van der Waals surface area (Å²) in [5.74, 6) is 0.697. The van der Waals surface area contributed by atoms with Crippen LogP contribution >= 0.6 is 0 Å². The number of hydrogen-bond donors (Lipinski definition) is 1. The summed E-state index contributed by atoms with van der Waals surface area (Å²) in [6, 6.07) is 12.6. The molecule has 1 fully saturated rings. The number of carbonyl (C=O) groups excluding carboxylic acids is 1. The molecule has 0 saturated carbocycles. The lowest BCUT2D eigenvalue weighted by Gasteiger charge is -2.18. The van der Waals surface area contributed by atoms with E-state index in [1.807, 2.05) is 32.0 Å². The highest BCUT2D eigenvalue weighted by molar-refractivity contribution is 7.89. The summed E-state index contributed by atoms with van der Waals surface area (Å²) in [4.78, 5) is 12.7. The predicted octanol–water partition coefficient (Wildman–Crippen LogP) is 3.60. The zero-order valence-corrected chi connectivity index (χ0v) is 18.7. The van der Waals surface area contributed by atoms with E-state index in [0.29, 0.717) is 30.8 Å². The number of hydrogen-bond acceptors (Lipinski definition) is 4. The fourth-order valence-electron chi connectivity index (χ4n) is 3.75. The van der Waals surface area contributed by atoms with Crippen molar-refractivity contribution in [3.63, 3.8) is 0 Å². The first-order chi connectivity index (χ1) is 14.3. The van der Waals surface area contributed by atoms with Crippen LogP contribution in [0.25, 0.3) is 0 Å². The van der Waals surface area contributed by atoms with Crippen molar-refractivity contribution in [3.05, 3.63) is 59.2 Å². The van der Waals surface area contributed by atoms with E-state index in [-0.39, 0.29) is 11.9 Å². The molecule has 2 aromatic carbocycles. The summed E-state index contributed by atoms with van der Waals surface area (Å²) in [5.41, 5.74) is 2.99. The molecule has 0 spiro atoms. The Balaban J connectivity index is 1.56. The summed E-state index contributed by atoms with van der Waals surface area (Å²) in [6.45, 7) is 5.13. The highest BCUT2D eigenvalue weighted by atomic mass is 32.2. The van der Waals surface area contributed by atoms with Gasteiger partial charge < -0.3 is 10.1 Å². The fourth-order valence-corrected chi connectivity index (χ4v) is 5.26. The number of carbonyl (C=O) groups is 1. The highest BCUT2D eigenvalue weighted by Gasteiger charge is 2.26. The van der Waals surface area contributed by atoms with E-state index < -0.39 is 10.0 Å². The molecule has 1 heterocycles. The van der Waals surface area contributed by atoms with Crippen LogP contribution in [0.2, 0.25) is 0 Å². The molecule has 0 bridgehead atoms. The molecule has 0 aromatic heterocycles. The molecule has 1 saturated heterocycles. The molecular weight excluding hydrogens is 400 g/mol. The van der Waals surface area contributed by atoms with E-state index in [1.165, 1.54) is 4.31 Å². The molecule has 1 aliphatic heterocycles. The number of nitrogens with one attached hydrogen (secondary N) is 1. The van der Waals surface area contributed by atoms with Gasteiger partial charge in [0, 0.05) is 25.1 Å². The van der Waals surface area contributed by atoms with Crippen LogP contribution in [0.3, 0.4) is 0 Å². The molecule has 1 amide bonds. The van der Waals surface area contributed by atoms with E-state index in [2.05, 4.69) is 5.32 Å². The van der Waals surface area contributed by atoms with Crippen LogP contribution in [0.15, 0.2) is 47.4 Å².